The average Bonchev–Trinajstić information content (AvgIpc) is 2.41. The first-order valence-electron chi connectivity index (χ1n) is 5.23. The molecule has 0 aromatic carbocycles. The molecule has 0 spiro atoms. The lowest BCUT2D eigenvalue weighted by atomic mass is 9.99. The first kappa shape index (κ1) is 10.6. The Labute approximate surface area is 80.9 Å². The summed E-state index contributed by atoms with van der Waals surface area (Å²) in [5.41, 5.74) is 0. The summed E-state index contributed by atoms with van der Waals surface area (Å²) in [6.45, 7) is 6.23. The van der Waals surface area contributed by atoms with Crippen molar-refractivity contribution in [2.45, 2.75) is 32.1 Å². The minimum Gasteiger partial charge on any atom is -0.502 e. The third-order valence-corrected chi connectivity index (χ3v) is 2.50. The highest BCUT2D eigenvalue weighted by molar-refractivity contribution is 4.62. The minimum absolute atomic E-state index is 0.760. The second-order valence-electron chi connectivity index (χ2n) is 3.62. The Bertz CT molecular complexity index is 126. The van der Waals surface area contributed by atoms with Crippen LogP contribution in [0.1, 0.15) is 32.1 Å². The Balaban J connectivity index is 2.01. The van der Waals surface area contributed by atoms with E-state index in [1.54, 1.807) is 0 Å². The van der Waals surface area contributed by atoms with E-state index in [0.29, 0.717) is 0 Å². The number of hydrogen-bond acceptors (Lipinski definition) is 2. The van der Waals surface area contributed by atoms with Gasteiger partial charge in [-0.15, -0.1) is 0 Å². The van der Waals surface area contributed by atoms with Gasteiger partial charge >= 0.3 is 0 Å². The van der Waals surface area contributed by atoms with Crippen molar-refractivity contribution in [1.29, 1.82) is 0 Å². The van der Waals surface area contributed by atoms with Crippen LogP contribution < -0.4 is 0 Å². The van der Waals surface area contributed by atoms with E-state index < -0.39 is 0 Å². The highest BCUT2D eigenvalue weighted by Crippen LogP contribution is 2.18. The van der Waals surface area contributed by atoms with Crippen molar-refractivity contribution in [3.63, 3.8) is 0 Å². The van der Waals surface area contributed by atoms with Gasteiger partial charge in [-0.1, -0.05) is 13.0 Å². The zero-order valence-corrected chi connectivity index (χ0v) is 8.34. The predicted molar refractivity (Wildman–Crippen MR) is 53.5 cm³/mol. The summed E-state index contributed by atoms with van der Waals surface area (Å²) < 4.78 is 10.6. The Hall–Kier alpha value is -0.500. The molecule has 2 heteroatoms. The van der Waals surface area contributed by atoms with Gasteiger partial charge in [0.1, 0.15) is 0 Å². The maximum absolute atomic E-state index is 5.50. The maximum Gasteiger partial charge on any atom is 0.0873 e. The van der Waals surface area contributed by atoms with Crippen molar-refractivity contribution in [3.05, 3.63) is 12.8 Å². The summed E-state index contributed by atoms with van der Waals surface area (Å²) in [5, 5.41) is 0. The third kappa shape index (κ3) is 4.94. The molecule has 0 N–H and O–H groups in total. The molecule has 1 aliphatic heterocycles. The van der Waals surface area contributed by atoms with E-state index in [9.17, 15) is 0 Å². The zero-order chi connectivity index (χ0) is 9.36. The van der Waals surface area contributed by atoms with Crippen LogP contribution in [-0.4, -0.2) is 19.8 Å². The standard InChI is InChI=1S/C11H20O2/c1-2-12-9-5-7-11-6-3-4-8-13-10-11/h2,11H,1,3-10H2. The fourth-order valence-electron chi connectivity index (χ4n) is 1.74. The Morgan fingerprint density at radius 1 is 1.46 bits per heavy atom. The van der Waals surface area contributed by atoms with Crippen molar-refractivity contribution in [3.8, 4) is 0 Å². The summed E-state index contributed by atoms with van der Waals surface area (Å²) in [5.74, 6) is 0.760. The highest BCUT2D eigenvalue weighted by atomic mass is 16.5. The number of ether oxygens (including phenoxy) is 2. The molecule has 0 aliphatic carbocycles. The fraction of sp³-hybridized carbons (Fsp3) is 0.818. The van der Waals surface area contributed by atoms with Crippen molar-refractivity contribution in [1.82, 2.24) is 0 Å². The Kier molecular flexibility index (Phi) is 5.66. The van der Waals surface area contributed by atoms with Crippen molar-refractivity contribution in [2.24, 2.45) is 5.92 Å². The topological polar surface area (TPSA) is 18.5 Å². The molecule has 1 atom stereocenters. The van der Waals surface area contributed by atoms with E-state index in [2.05, 4.69) is 6.58 Å². The summed E-state index contributed by atoms with van der Waals surface area (Å²) in [7, 11) is 0. The number of hydrogen-bond donors (Lipinski definition) is 0. The molecular weight excluding hydrogens is 164 g/mol. The van der Waals surface area contributed by atoms with Crippen molar-refractivity contribution < 1.29 is 9.47 Å². The average molecular weight is 184 g/mol. The molecule has 1 saturated heterocycles. The monoisotopic (exact) mass is 184 g/mol. The lowest BCUT2D eigenvalue weighted by Crippen LogP contribution is -2.07. The number of rotatable bonds is 5. The molecule has 2 nitrogen and oxygen atoms in total. The van der Waals surface area contributed by atoms with Crippen LogP contribution in [0.2, 0.25) is 0 Å². The van der Waals surface area contributed by atoms with Crippen LogP contribution in [0, 0.1) is 5.92 Å². The summed E-state index contributed by atoms with van der Waals surface area (Å²) >= 11 is 0. The van der Waals surface area contributed by atoms with Crippen LogP contribution in [0.4, 0.5) is 0 Å². The van der Waals surface area contributed by atoms with Gasteiger partial charge in [0.05, 0.1) is 12.9 Å². The molecule has 1 heterocycles. The molecule has 1 rings (SSSR count). The summed E-state index contributed by atoms with van der Waals surface area (Å²) in [6, 6.07) is 0. The minimum atomic E-state index is 0.760. The van der Waals surface area contributed by atoms with Crippen LogP contribution in [0.3, 0.4) is 0 Å². The Morgan fingerprint density at radius 2 is 2.38 bits per heavy atom. The lowest BCUT2D eigenvalue weighted by Gasteiger charge is -2.12. The normalized spacial score (nSPS) is 23.5. The smallest absolute Gasteiger partial charge is 0.0873 e. The maximum atomic E-state index is 5.50. The van der Waals surface area contributed by atoms with E-state index in [1.165, 1.54) is 31.9 Å². The van der Waals surface area contributed by atoms with Gasteiger partial charge in [-0.3, -0.25) is 0 Å². The highest BCUT2D eigenvalue weighted by Gasteiger charge is 2.11. The molecule has 0 radical (unpaired) electrons. The van der Waals surface area contributed by atoms with Crippen molar-refractivity contribution in [2.75, 3.05) is 19.8 Å². The Morgan fingerprint density at radius 3 is 3.23 bits per heavy atom. The van der Waals surface area contributed by atoms with Crippen LogP contribution in [0.25, 0.3) is 0 Å². The third-order valence-electron chi connectivity index (χ3n) is 2.50. The van der Waals surface area contributed by atoms with E-state index in [4.69, 9.17) is 9.47 Å². The van der Waals surface area contributed by atoms with Gasteiger partial charge in [-0.05, 0) is 31.6 Å². The molecule has 1 aliphatic rings. The molecule has 1 fully saturated rings. The van der Waals surface area contributed by atoms with Gasteiger partial charge < -0.3 is 9.47 Å². The quantitative estimate of drug-likeness (QED) is 0.483. The van der Waals surface area contributed by atoms with Gasteiger partial charge in [0.2, 0.25) is 0 Å². The van der Waals surface area contributed by atoms with Crippen LogP contribution in [0.5, 0.6) is 0 Å². The van der Waals surface area contributed by atoms with E-state index in [1.807, 2.05) is 0 Å². The van der Waals surface area contributed by atoms with Gasteiger partial charge in [0.15, 0.2) is 0 Å². The molecular formula is C11H20O2. The fourth-order valence-corrected chi connectivity index (χ4v) is 1.74. The summed E-state index contributed by atoms with van der Waals surface area (Å²) in [4.78, 5) is 0. The molecule has 0 bridgehead atoms. The van der Waals surface area contributed by atoms with E-state index in [-0.39, 0.29) is 0 Å². The lowest BCUT2D eigenvalue weighted by molar-refractivity contribution is 0.109. The second-order valence-corrected chi connectivity index (χ2v) is 3.62. The molecule has 0 saturated carbocycles. The van der Waals surface area contributed by atoms with Gasteiger partial charge in [0.25, 0.3) is 0 Å². The van der Waals surface area contributed by atoms with Crippen LogP contribution in [0.15, 0.2) is 12.8 Å². The molecule has 13 heavy (non-hydrogen) atoms. The molecule has 0 aromatic heterocycles. The van der Waals surface area contributed by atoms with E-state index in [0.717, 1.165) is 32.2 Å². The molecule has 0 aromatic rings. The molecule has 0 amide bonds. The largest absolute Gasteiger partial charge is 0.502 e. The van der Waals surface area contributed by atoms with Crippen LogP contribution in [-0.2, 0) is 9.47 Å². The van der Waals surface area contributed by atoms with Crippen molar-refractivity contribution >= 4 is 0 Å². The second kappa shape index (κ2) is 6.96. The van der Waals surface area contributed by atoms with Crippen LogP contribution >= 0.6 is 0 Å². The first-order chi connectivity index (χ1) is 6.43. The van der Waals surface area contributed by atoms with Gasteiger partial charge in [0, 0.05) is 13.2 Å². The molecule has 76 valence electrons. The summed E-state index contributed by atoms with van der Waals surface area (Å²) in [6.07, 6.45) is 7.76. The zero-order valence-electron chi connectivity index (χ0n) is 8.34. The SMILES string of the molecule is C=COCCCC1CCCCOC1. The van der Waals surface area contributed by atoms with E-state index >= 15 is 0 Å². The van der Waals surface area contributed by atoms with Gasteiger partial charge in [-0.2, -0.15) is 0 Å². The predicted octanol–water partition coefficient (Wildman–Crippen LogP) is 2.74. The van der Waals surface area contributed by atoms with Gasteiger partial charge in [-0.25, -0.2) is 0 Å². The molecule has 1 unspecified atom stereocenters. The first-order valence-corrected chi connectivity index (χ1v) is 5.23.